The van der Waals surface area contributed by atoms with Crippen LogP contribution in [-0.2, 0) is 14.8 Å². The standard InChI is InChI=1S/C10H18N4O3S/c1-5-14(4)10(15)8(3)13-18(16,17)9-6-11-12-7(9)2/h6,8,13H,5H2,1-4H3,(H,11,12). The number of likely N-dealkylation sites (N-methyl/N-ethyl adjacent to an activating group) is 1. The topological polar surface area (TPSA) is 95.2 Å². The van der Waals surface area contributed by atoms with Gasteiger partial charge in [0.2, 0.25) is 15.9 Å². The minimum atomic E-state index is -3.72. The Morgan fingerprint density at radius 1 is 1.61 bits per heavy atom. The number of H-pyrrole nitrogens is 1. The molecule has 1 unspecified atom stereocenters. The van der Waals surface area contributed by atoms with Gasteiger partial charge in [-0.2, -0.15) is 9.82 Å². The lowest BCUT2D eigenvalue weighted by molar-refractivity contribution is -0.131. The molecule has 0 aliphatic heterocycles. The number of carbonyl (C=O) groups excluding carboxylic acids is 1. The second-order valence-electron chi connectivity index (χ2n) is 4.05. The highest BCUT2D eigenvalue weighted by Crippen LogP contribution is 2.11. The van der Waals surface area contributed by atoms with E-state index < -0.39 is 16.1 Å². The van der Waals surface area contributed by atoms with E-state index in [1.165, 1.54) is 18.0 Å². The molecule has 1 rings (SSSR count). The maximum atomic E-state index is 12.0. The van der Waals surface area contributed by atoms with Gasteiger partial charge in [0.15, 0.2) is 0 Å². The summed E-state index contributed by atoms with van der Waals surface area (Å²) in [5.74, 6) is -0.276. The molecule has 0 aliphatic carbocycles. The number of nitrogens with zero attached hydrogens (tertiary/aromatic N) is 2. The lowest BCUT2D eigenvalue weighted by atomic mass is 10.3. The van der Waals surface area contributed by atoms with E-state index in [0.29, 0.717) is 12.2 Å². The van der Waals surface area contributed by atoms with Crippen LogP contribution in [0.15, 0.2) is 11.1 Å². The monoisotopic (exact) mass is 274 g/mol. The second kappa shape index (κ2) is 5.49. The fourth-order valence-corrected chi connectivity index (χ4v) is 2.78. The SMILES string of the molecule is CCN(C)C(=O)C(C)NS(=O)(=O)c1cn[nH]c1C. The fourth-order valence-electron chi connectivity index (χ4n) is 1.44. The van der Waals surface area contributed by atoms with Crippen molar-refractivity contribution in [3.63, 3.8) is 0 Å². The number of carbonyl (C=O) groups is 1. The van der Waals surface area contributed by atoms with Crippen molar-refractivity contribution >= 4 is 15.9 Å². The minimum absolute atomic E-state index is 0.0568. The first-order valence-electron chi connectivity index (χ1n) is 5.57. The van der Waals surface area contributed by atoms with Crippen molar-refractivity contribution in [2.75, 3.05) is 13.6 Å². The third-order valence-electron chi connectivity index (χ3n) is 2.63. The number of nitrogens with one attached hydrogen (secondary N) is 2. The van der Waals surface area contributed by atoms with Crippen LogP contribution in [0, 0.1) is 6.92 Å². The Morgan fingerprint density at radius 3 is 2.67 bits per heavy atom. The molecule has 8 heteroatoms. The maximum Gasteiger partial charge on any atom is 0.244 e. The Bertz CT molecular complexity index is 523. The summed E-state index contributed by atoms with van der Waals surface area (Å²) in [6, 6.07) is -0.811. The lowest BCUT2D eigenvalue weighted by Gasteiger charge is -2.20. The molecule has 0 radical (unpaired) electrons. The van der Waals surface area contributed by atoms with Crippen molar-refractivity contribution in [1.82, 2.24) is 19.8 Å². The molecule has 102 valence electrons. The number of rotatable bonds is 5. The Kier molecular flexibility index (Phi) is 4.47. The summed E-state index contributed by atoms with van der Waals surface area (Å²) in [5.41, 5.74) is 0.436. The van der Waals surface area contributed by atoms with Crippen LogP contribution in [0.4, 0.5) is 0 Å². The molecule has 1 heterocycles. The van der Waals surface area contributed by atoms with E-state index in [-0.39, 0.29) is 10.8 Å². The van der Waals surface area contributed by atoms with Crippen LogP contribution in [0.3, 0.4) is 0 Å². The number of aryl methyl sites for hydroxylation is 1. The van der Waals surface area contributed by atoms with E-state index in [1.54, 1.807) is 14.0 Å². The van der Waals surface area contributed by atoms with Crippen molar-refractivity contribution in [3.05, 3.63) is 11.9 Å². The molecule has 7 nitrogen and oxygen atoms in total. The molecular weight excluding hydrogens is 256 g/mol. The van der Waals surface area contributed by atoms with E-state index in [4.69, 9.17) is 0 Å². The van der Waals surface area contributed by atoms with E-state index in [1.807, 2.05) is 6.92 Å². The molecule has 0 bridgehead atoms. The predicted molar refractivity (Wildman–Crippen MR) is 66.4 cm³/mol. The highest BCUT2D eigenvalue weighted by molar-refractivity contribution is 7.89. The van der Waals surface area contributed by atoms with E-state index in [2.05, 4.69) is 14.9 Å². The highest BCUT2D eigenvalue weighted by Gasteiger charge is 2.25. The van der Waals surface area contributed by atoms with Crippen LogP contribution in [0.25, 0.3) is 0 Å². The van der Waals surface area contributed by atoms with Crippen molar-refractivity contribution < 1.29 is 13.2 Å². The minimum Gasteiger partial charge on any atom is -0.345 e. The Balaban J connectivity index is 2.85. The number of aromatic amines is 1. The first-order chi connectivity index (χ1) is 8.29. The van der Waals surface area contributed by atoms with Gasteiger partial charge < -0.3 is 4.90 Å². The van der Waals surface area contributed by atoms with E-state index in [0.717, 1.165) is 0 Å². The van der Waals surface area contributed by atoms with Gasteiger partial charge in [-0.1, -0.05) is 0 Å². The molecule has 1 aromatic rings. The first-order valence-corrected chi connectivity index (χ1v) is 7.05. The van der Waals surface area contributed by atoms with Gasteiger partial charge in [-0.05, 0) is 20.8 Å². The van der Waals surface area contributed by atoms with Crippen LogP contribution in [-0.4, -0.2) is 49.1 Å². The Hall–Kier alpha value is -1.41. The van der Waals surface area contributed by atoms with Crippen LogP contribution in [0.2, 0.25) is 0 Å². The number of hydrogen-bond acceptors (Lipinski definition) is 4. The highest BCUT2D eigenvalue weighted by atomic mass is 32.2. The zero-order valence-electron chi connectivity index (χ0n) is 10.9. The molecule has 0 fully saturated rings. The molecule has 0 saturated carbocycles. The maximum absolute atomic E-state index is 12.0. The average molecular weight is 274 g/mol. The van der Waals surface area contributed by atoms with Crippen LogP contribution in [0.5, 0.6) is 0 Å². The number of amides is 1. The van der Waals surface area contributed by atoms with Gasteiger partial charge in [0.1, 0.15) is 4.90 Å². The van der Waals surface area contributed by atoms with Gasteiger partial charge in [-0.25, -0.2) is 8.42 Å². The largest absolute Gasteiger partial charge is 0.345 e. The first kappa shape index (κ1) is 14.7. The molecule has 0 aliphatic rings. The predicted octanol–water partition coefficient (Wildman–Crippen LogP) is -0.137. The fraction of sp³-hybridized carbons (Fsp3) is 0.600. The van der Waals surface area contributed by atoms with Crippen molar-refractivity contribution in [2.24, 2.45) is 0 Å². The zero-order valence-corrected chi connectivity index (χ0v) is 11.7. The summed E-state index contributed by atoms with van der Waals surface area (Å²) >= 11 is 0. The van der Waals surface area contributed by atoms with Gasteiger partial charge in [-0.15, -0.1) is 0 Å². The van der Waals surface area contributed by atoms with Gasteiger partial charge in [0, 0.05) is 13.6 Å². The number of aromatic nitrogens is 2. The molecular formula is C10H18N4O3S. The van der Waals surface area contributed by atoms with Gasteiger partial charge in [0.05, 0.1) is 17.9 Å². The third-order valence-corrected chi connectivity index (χ3v) is 4.28. The van der Waals surface area contributed by atoms with Crippen LogP contribution < -0.4 is 4.72 Å². The third kappa shape index (κ3) is 3.08. The Labute approximate surface area is 107 Å². The van der Waals surface area contributed by atoms with Crippen LogP contribution >= 0.6 is 0 Å². The summed E-state index contributed by atoms with van der Waals surface area (Å²) in [4.78, 5) is 13.3. The summed E-state index contributed by atoms with van der Waals surface area (Å²) in [6.45, 7) is 5.46. The Morgan fingerprint density at radius 2 is 2.22 bits per heavy atom. The lowest BCUT2D eigenvalue weighted by Crippen LogP contribution is -2.45. The summed E-state index contributed by atoms with van der Waals surface area (Å²) < 4.78 is 26.3. The molecule has 0 aromatic carbocycles. The molecule has 2 N–H and O–H groups in total. The van der Waals surface area contributed by atoms with Gasteiger partial charge in [0.25, 0.3) is 0 Å². The number of sulfonamides is 1. The van der Waals surface area contributed by atoms with Crippen molar-refractivity contribution in [2.45, 2.75) is 31.7 Å². The zero-order chi connectivity index (χ0) is 13.9. The van der Waals surface area contributed by atoms with E-state index in [9.17, 15) is 13.2 Å². The van der Waals surface area contributed by atoms with Crippen molar-refractivity contribution in [3.8, 4) is 0 Å². The summed E-state index contributed by atoms with van der Waals surface area (Å²) in [5, 5.41) is 6.20. The quantitative estimate of drug-likeness (QED) is 0.781. The molecule has 1 aromatic heterocycles. The summed E-state index contributed by atoms with van der Waals surface area (Å²) in [6.07, 6.45) is 1.22. The number of hydrogen-bond donors (Lipinski definition) is 2. The second-order valence-corrected chi connectivity index (χ2v) is 5.74. The smallest absolute Gasteiger partial charge is 0.244 e. The van der Waals surface area contributed by atoms with Crippen molar-refractivity contribution in [1.29, 1.82) is 0 Å². The van der Waals surface area contributed by atoms with E-state index >= 15 is 0 Å². The molecule has 18 heavy (non-hydrogen) atoms. The van der Waals surface area contributed by atoms with Gasteiger partial charge in [-0.3, -0.25) is 9.89 Å². The van der Waals surface area contributed by atoms with Gasteiger partial charge >= 0.3 is 0 Å². The summed E-state index contributed by atoms with van der Waals surface area (Å²) in [7, 11) is -2.10. The molecule has 0 saturated heterocycles. The normalized spacial score (nSPS) is 13.3. The van der Waals surface area contributed by atoms with Crippen LogP contribution in [0.1, 0.15) is 19.5 Å². The molecule has 1 atom stereocenters. The average Bonchev–Trinajstić information content (AvgIpc) is 2.73. The molecule has 1 amide bonds. The molecule has 0 spiro atoms.